The first-order chi connectivity index (χ1) is 7.51. The van der Waals surface area contributed by atoms with E-state index in [1.165, 1.54) is 10.9 Å². The molecule has 1 heterocycles. The number of nitrogens with zero attached hydrogens (tertiary/aromatic N) is 3. The average Bonchev–Trinajstić information content (AvgIpc) is 2.72. The lowest BCUT2D eigenvalue weighted by molar-refractivity contribution is -0.0889. The Morgan fingerprint density at radius 3 is 2.69 bits per heavy atom. The summed E-state index contributed by atoms with van der Waals surface area (Å²) in [4.78, 5) is 10.7. The predicted molar refractivity (Wildman–Crippen MR) is 54.8 cm³/mol. The Kier molecular flexibility index (Phi) is 2.67. The number of aliphatic hydroxyl groups is 1. The summed E-state index contributed by atoms with van der Waals surface area (Å²) in [5.41, 5.74) is -1.19. The molecule has 1 fully saturated rings. The number of hydrogen-bond donors (Lipinski definition) is 2. The standard InChI is InChI=1S/C10H15N3O3/c1-7-2-4-10(16,5-3-7)13-6-8(9(14)15)11-12-13/h6-7,16H,2-5H2,1H3,(H,14,15). The molecule has 0 saturated heterocycles. The van der Waals surface area contributed by atoms with Crippen LogP contribution in [0, 0.1) is 5.92 Å². The molecule has 0 bridgehead atoms. The Balaban J connectivity index is 2.19. The first-order valence-electron chi connectivity index (χ1n) is 5.40. The van der Waals surface area contributed by atoms with Crippen molar-refractivity contribution in [3.63, 3.8) is 0 Å². The maximum Gasteiger partial charge on any atom is 0.358 e. The molecule has 6 heteroatoms. The summed E-state index contributed by atoms with van der Waals surface area (Å²) < 4.78 is 1.28. The van der Waals surface area contributed by atoms with Gasteiger partial charge in [0.1, 0.15) is 0 Å². The summed E-state index contributed by atoms with van der Waals surface area (Å²) in [6.07, 6.45) is 4.31. The van der Waals surface area contributed by atoms with Crippen molar-refractivity contribution < 1.29 is 15.0 Å². The normalized spacial score (nSPS) is 30.2. The van der Waals surface area contributed by atoms with Gasteiger partial charge < -0.3 is 10.2 Å². The molecule has 0 atom stereocenters. The van der Waals surface area contributed by atoms with Crippen LogP contribution in [0.2, 0.25) is 0 Å². The van der Waals surface area contributed by atoms with Crippen molar-refractivity contribution in [1.82, 2.24) is 15.0 Å². The van der Waals surface area contributed by atoms with Crippen LogP contribution in [0.15, 0.2) is 6.20 Å². The van der Waals surface area contributed by atoms with E-state index < -0.39 is 11.7 Å². The van der Waals surface area contributed by atoms with Gasteiger partial charge in [0.05, 0.1) is 6.20 Å². The van der Waals surface area contributed by atoms with E-state index in [0.717, 1.165) is 12.8 Å². The molecule has 1 aromatic heterocycles. The van der Waals surface area contributed by atoms with E-state index in [-0.39, 0.29) is 5.69 Å². The molecule has 1 aromatic rings. The van der Waals surface area contributed by atoms with Crippen molar-refractivity contribution in [2.75, 3.05) is 0 Å². The number of rotatable bonds is 2. The van der Waals surface area contributed by atoms with Crippen LogP contribution in [0.4, 0.5) is 0 Å². The van der Waals surface area contributed by atoms with E-state index in [0.29, 0.717) is 18.8 Å². The molecular formula is C10H15N3O3. The minimum Gasteiger partial charge on any atom is -0.476 e. The summed E-state index contributed by atoms with van der Waals surface area (Å²) >= 11 is 0. The van der Waals surface area contributed by atoms with Crippen molar-refractivity contribution in [2.45, 2.75) is 38.3 Å². The highest BCUT2D eigenvalue weighted by Crippen LogP contribution is 2.34. The highest BCUT2D eigenvalue weighted by Gasteiger charge is 2.35. The quantitative estimate of drug-likeness (QED) is 0.778. The van der Waals surface area contributed by atoms with Crippen molar-refractivity contribution >= 4 is 5.97 Å². The third-order valence-corrected chi connectivity index (χ3v) is 3.21. The summed E-state index contributed by atoms with van der Waals surface area (Å²) in [6, 6.07) is 0. The van der Waals surface area contributed by atoms with Crippen molar-refractivity contribution in [2.24, 2.45) is 5.92 Å². The molecule has 0 aliphatic heterocycles. The van der Waals surface area contributed by atoms with Crippen LogP contribution < -0.4 is 0 Å². The lowest BCUT2D eigenvalue weighted by Gasteiger charge is -2.34. The largest absolute Gasteiger partial charge is 0.476 e. The summed E-state index contributed by atoms with van der Waals surface area (Å²) in [6.45, 7) is 2.14. The van der Waals surface area contributed by atoms with Crippen LogP contribution in [0.1, 0.15) is 43.1 Å². The molecule has 0 spiro atoms. The number of carboxylic acids is 1. The maximum absolute atomic E-state index is 10.7. The van der Waals surface area contributed by atoms with Gasteiger partial charge in [0.25, 0.3) is 0 Å². The van der Waals surface area contributed by atoms with Gasteiger partial charge in [-0.15, -0.1) is 5.10 Å². The molecule has 1 saturated carbocycles. The minimum absolute atomic E-state index is 0.132. The number of aromatic carboxylic acids is 1. The zero-order valence-electron chi connectivity index (χ0n) is 9.13. The molecule has 0 amide bonds. The molecule has 88 valence electrons. The number of carbonyl (C=O) groups is 1. The Bertz CT molecular complexity index is 394. The Morgan fingerprint density at radius 1 is 1.56 bits per heavy atom. The van der Waals surface area contributed by atoms with E-state index in [4.69, 9.17) is 5.11 Å². The van der Waals surface area contributed by atoms with Gasteiger partial charge in [-0.3, -0.25) is 0 Å². The van der Waals surface area contributed by atoms with Crippen LogP contribution in [0.3, 0.4) is 0 Å². The fourth-order valence-corrected chi connectivity index (χ4v) is 2.02. The van der Waals surface area contributed by atoms with Crippen molar-refractivity contribution in [1.29, 1.82) is 0 Å². The molecule has 6 nitrogen and oxygen atoms in total. The van der Waals surface area contributed by atoms with Gasteiger partial charge >= 0.3 is 5.97 Å². The molecule has 0 aromatic carbocycles. The van der Waals surface area contributed by atoms with Gasteiger partial charge in [0.15, 0.2) is 11.4 Å². The van der Waals surface area contributed by atoms with Crippen LogP contribution >= 0.6 is 0 Å². The van der Waals surface area contributed by atoms with Gasteiger partial charge in [-0.25, -0.2) is 9.48 Å². The Morgan fingerprint density at radius 2 is 2.19 bits per heavy atom. The zero-order valence-corrected chi connectivity index (χ0v) is 9.13. The molecule has 2 N–H and O–H groups in total. The van der Waals surface area contributed by atoms with Crippen LogP contribution in [0.5, 0.6) is 0 Å². The number of aromatic nitrogens is 3. The van der Waals surface area contributed by atoms with E-state index in [1.54, 1.807) is 0 Å². The molecule has 16 heavy (non-hydrogen) atoms. The summed E-state index contributed by atoms with van der Waals surface area (Å²) in [5.74, 6) is -0.526. The molecular weight excluding hydrogens is 210 g/mol. The monoisotopic (exact) mass is 225 g/mol. The summed E-state index contributed by atoms with van der Waals surface area (Å²) in [7, 11) is 0. The zero-order chi connectivity index (χ0) is 11.8. The average molecular weight is 225 g/mol. The second-order valence-electron chi connectivity index (χ2n) is 4.52. The molecule has 1 aliphatic rings. The van der Waals surface area contributed by atoms with Crippen molar-refractivity contribution in [3.8, 4) is 0 Å². The number of carboxylic acid groups (broad SMARTS) is 1. The third-order valence-electron chi connectivity index (χ3n) is 3.21. The minimum atomic E-state index is -1.13. The first-order valence-corrected chi connectivity index (χ1v) is 5.40. The van der Waals surface area contributed by atoms with Crippen LogP contribution in [-0.4, -0.2) is 31.2 Å². The fourth-order valence-electron chi connectivity index (χ4n) is 2.02. The SMILES string of the molecule is CC1CCC(O)(n2cc(C(=O)O)nn2)CC1. The highest BCUT2D eigenvalue weighted by molar-refractivity contribution is 5.84. The lowest BCUT2D eigenvalue weighted by atomic mass is 9.85. The van der Waals surface area contributed by atoms with Gasteiger partial charge in [-0.1, -0.05) is 12.1 Å². The van der Waals surface area contributed by atoms with E-state index in [2.05, 4.69) is 17.2 Å². The fraction of sp³-hybridized carbons (Fsp3) is 0.700. The smallest absolute Gasteiger partial charge is 0.358 e. The summed E-state index contributed by atoms with van der Waals surface area (Å²) in [5, 5.41) is 26.3. The highest BCUT2D eigenvalue weighted by atomic mass is 16.4. The second-order valence-corrected chi connectivity index (χ2v) is 4.52. The van der Waals surface area contributed by atoms with E-state index in [1.807, 2.05) is 0 Å². The number of hydrogen-bond acceptors (Lipinski definition) is 4. The first kappa shape index (κ1) is 11.1. The molecule has 2 rings (SSSR count). The second kappa shape index (κ2) is 3.86. The Hall–Kier alpha value is -1.43. The third kappa shape index (κ3) is 1.92. The van der Waals surface area contributed by atoms with E-state index >= 15 is 0 Å². The van der Waals surface area contributed by atoms with Gasteiger partial charge in [0.2, 0.25) is 0 Å². The molecule has 0 unspecified atom stereocenters. The van der Waals surface area contributed by atoms with Crippen LogP contribution in [0.25, 0.3) is 0 Å². The van der Waals surface area contributed by atoms with E-state index in [9.17, 15) is 9.90 Å². The van der Waals surface area contributed by atoms with Gasteiger partial charge in [0, 0.05) is 0 Å². The maximum atomic E-state index is 10.7. The van der Waals surface area contributed by atoms with Crippen molar-refractivity contribution in [3.05, 3.63) is 11.9 Å². The predicted octanol–water partition coefficient (Wildman–Crippen LogP) is 0.831. The van der Waals surface area contributed by atoms with Gasteiger partial charge in [-0.05, 0) is 31.6 Å². The molecule has 1 aliphatic carbocycles. The van der Waals surface area contributed by atoms with Crippen LogP contribution in [-0.2, 0) is 5.72 Å². The molecule has 0 radical (unpaired) electrons. The van der Waals surface area contributed by atoms with Gasteiger partial charge in [-0.2, -0.15) is 0 Å². The topological polar surface area (TPSA) is 88.2 Å². The lowest BCUT2D eigenvalue weighted by Crippen LogP contribution is -2.37. The Labute approximate surface area is 92.9 Å².